The normalized spacial score (nSPS) is 24.4. The van der Waals surface area contributed by atoms with Gasteiger partial charge >= 0.3 is 0 Å². The molecule has 19 heavy (non-hydrogen) atoms. The molecule has 0 N–H and O–H groups in total. The molecule has 104 valence electrons. The number of rotatable bonds is 4. The fourth-order valence-electron chi connectivity index (χ4n) is 2.84. The summed E-state index contributed by atoms with van der Waals surface area (Å²) in [6, 6.07) is 8.28. The molecule has 0 radical (unpaired) electrons. The maximum Gasteiger partial charge on any atom is 0.164 e. The van der Waals surface area contributed by atoms with Crippen molar-refractivity contribution < 1.29 is 4.79 Å². The van der Waals surface area contributed by atoms with Crippen molar-refractivity contribution in [2.75, 3.05) is 13.1 Å². The van der Waals surface area contributed by atoms with Crippen molar-refractivity contribution >= 4 is 21.7 Å². The predicted molar refractivity (Wildman–Crippen MR) is 82.5 cm³/mol. The Morgan fingerprint density at radius 2 is 2.21 bits per heavy atom. The Kier molecular flexibility index (Phi) is 5.17. The summed E-state index contributed by atoms with van der Waals surface area (Å²) in [7, 11) is 0. The SMILES string of the molecule is CC1CCN(CCC(=O)c2cccc(Br)c2)C(C)C1. The van der Waals surface area contributed by atoms with Gasteiger partial charge in [0.2, 0.25) is 0 Å². The Morgan fingerprint density at radius 1 is 1.42 bits per heavy atom. The Bertz CT molecular complexity index is 446. The summed E-state index contributed by atoms with van der Waals surface area (Å²) in [5.41, 5.74) is 0.812. The molecule has 0 spiro atoms. The second-order valence-electron chi connectivity index (χ2n) is 5.70. The second-order valence-corrected chi connectivity index (χ2v) is 6.61. The molecule has 2 rings (SSSR count). The van der Waals surface area contributed by atoms with Crippen molar-refractivity contribution in [3.8, 4) is 0 Å². The molecule has 1 aliphatic rings. The van der Waals surface area contributed by atoms with Crippen LogP contribution in [0.15, 0.2) is 28.7 Å². The van der Waals surface area contributed by atoms with E-state index < -0.39 is 0 Å². The maximum atomic E-state index is 12.2. The fraction of sp³-hybridized carbons (Fsp3) is 0.562. The molecule has 1 aromatic carbocycles. The highest BCUT2D eigenvalue weighted by Gasteiger charge is 2.23. The molecule has 1 fully saturated rings. The lowest BCUT2D eigenvalue weighted by Crippen LogP contribution is -2.41. The molecule has 2 unspecified atom stereocenters. The van der Waals surface area contributed by atoms with Crippen molar-refractivity contribution in [1.29, 1.82) is 0 Å². The van der Waals surface area contributed by atoms with Crippen LogP contribution in [-0.4, -0.2) is 29.8 Å². The smallest absolute Gasteiger partial charge is 0.164 e. The number of benzene rings is 1. The average molecular weight is 324 g/mol. The highest BCUT2D eigenvalue weighted by Crippen LogP contribution is 2.22. The quantitative estimate of drug-likeness (QED) is 0.776. The zero-order valence-electron chi connectivity index (χ0n) is 11.7. The van der Waals surface area contributed by atoms with Crippen LogP contribution in [0.4, 0.5) is 0 Å². The molecule has 0 saturated carbocycles. The fourth-order valence-corrected chi connectivity index (χ4v) is 3.24. The van der Waals surface area contributed by atoms with Gasteiger partial charge < -0.3 is 4.90 Å². The van der Waals surface area contributed by atoms with Gasteiger partial charge in [0, 0.05) is 29.0 Å². The third-order valence-corrected chi connectivity index (χ3v) is 4.54. The van der Waals surface area contributed by atoms with Crippen LogP contribution in [0, 0.1) is 5.92 Å². The molecule has 2 atom stereocenters. The van der Waals surface area contributed by atoms with E-state index in [1.54, 1.807) is 0 Å². The number of hydrogen-bond acceptors (Lipinski definition) is 2. The van der Waals surface area contributed by atoms with Crippen LogP contribution in [0.3, 0.4) is 0 Å². The van der Waals surface area contributed by atoms with Crippen molar-refractivity contribution in [2.24, 2.45) is 5.92 Å². The first-order valence-electron chi connectivity index (χ1n) is 7.09. The number of piperidine rings is 1. The van der Waals surface area contributed by atoms with Gasteiger partial charge in [-0.25, -0.2) is 0 Å². The minimum absolute atomic E-state index is 0.243. The summed E-state index contributed by atoms with van der Waals surface area (Å²) < 4.78 is 0.971. The Hall–Kier alpha value is -0.670. The van der Waals surface area contributed by atoms with Gasteiger partial charge in [-0.3, -0.25) is 4.79 Å². The van der Waals surface area contributed by atoms with Crippen LogP contribution in [0.25, 0.3) is 0 Å². The Morgan fingerprint density at radius 3 is 2.89 bits per heavy atom. The third kappa shape index (κ3) is 4.15. The molecule has 0 amide bonds. The van der Waals surface area contributed by atoms with Crippen molar-refractivity contribution in [3.05, 3.63) is 34.3 Å². The standard InChI is InChI=1S/C16H22BrNO/c1-12-6-8-18(13(2)10-12)9-7-16(19)14-4-3-5-15(17)11-14/h3-5,11-13H,6-10H2,1-2H3. The van der Waals surface area contributed by atoms with Crippen LogP contribution >= 0.6 is 15.9 Å². The average Bonchev–Trinajstić information content (AvgIpc) is 2.37. The summed E-state index contributed by atoms with van der Waals surface area (Å²) in [6.45, 7) is 6.62. The van der Waals surface area contributed by atoms with Crippen LogP contribution < -0.4 is 0 Å². The molecule has 1 aliphatic heterocycles. The van der Waals surface area contributed by atoms with Gasteiger partial charge in [-0.2, -0.15) is 0 Å². The van der Waals surface area contributed by atoms with Gasteiger partial charge in [-0.05, 0) is 44.4 Å². The molecular formula is C16H22BrNO. The summed E-state index contributed by atoms with van der Waals surface area (Å²) in [5.74, 6) is 1.07. The number of hydrogen-bond donors (Lipinski definition) is 0. The molecule has 3 heteroatoms. The van der Waals surface area contributed by atoms with Gasteiger partial charge in [0.25, 0.3) is 0 Å². The van der Waals surface area contributed by atoms with E-state index in [9.17, 15) is 4.79 Å². The topological polar surface area (TPSA) is 20.3 Å². The lowest BCUT2D eigenvalue weighted by Gasteiger charge is -2.36. The van der Waals surface area contributed by atoms with Crippen LogP contribution in [0.1, 0.15) is 43.5 Å². The van der Waals surface area contributed by atoms with Crippen molar-refractivity contribution in [2.45, 2.75) is 39.2 Å². The van der Waals surface area contributed by atoms with Crippen molar-refractivity contribution in [3.63, 3.8) is 0 Å². The first-order chi connectivity index (χ1) is 9.06. The molecule has 2 nitrogen and oxygen atoms in total. The van der Waals surface area contributed by atoms with Gasteiger partial charge in [0.05, 0.1) is 0 Å². The van der Waals surface area contributed by atoms with E-state index in [0.29, 0.717) is 12.5 Å². The Balaban J connectivity index is 1.87. The van der Waals surface area contributed by atoms with Crippen LogP contribution in [-0.2, 0) is 0 Å². The Labute approximate surface area is 124 Å². The lowest BCUT2D eigenvalue weighted by molar-refractivity contribution is 0.0909. The van der Waals surface area contributed by atoms with E-state index in [0.717, 1.165) is 29.0 Å². The highest BCUT2D eigenvalue weighted by atomic mass is 79.9. The highest BCUT2D eigenvalue weighted by molar-refractivity contribution is 9.10. The summed E-state index contributed by atoms with van der Waals surface area (Å²) in [4.78, 5) is 14.6. The van der Waals surface area contributed by atoms with Crippen LogP contribution in [0.5, 0.6) is 0 Å². The maximum absolute atomic E-state index is 12.2. The van der Waals surface area contributed by atoms with E-state index >= 15 is 0 Å². The first kappa shape index (κ1) is 14.7. The van der Waals surface area contributed by atoms with E-state index in [1.165, 1.54) is 12.8 Å². The summed E-state index contributed by atoms with van der Waals surface area (Å²) in [5, 5.41) is 0. The minimum atomic E-state index is 0.243. The van der Waals surface area contributed by atoms with Gasteiger partial charge in [0.15, 0.2) is 5.78 Å². The second kappa shape index (κ2) is 6.67. The summed E-state index contributed by atoms with van der Waals surface area (Å²) in [6.07, 6.45) is 3.13. The molecule has 1 heterocycles. The summed E-state index contributed by atoms with van der Waals surface area (Å²) >= 11 is 3.41. The van der Waals surface area contributed by atoms with Crippen LogP contribution in [0.2, 0.25) is 0 Å². The molecule has 1 aromatic rings. The van der Waals surface area contributed by atoms with Gasteiger partial charge in [-0.1, -0.05) is 35.0 Å². The van der Waals surface area contributed by atoms with E-state index in [2.05, 4.69) is 34.7 Å². The monoisotopic (exact) mass is 323 g/mol. The van der Waals surface area contributed by atoms with E-state index in [4.69, 9.17) is 0 Å². The number of Topliss-reactive ketones (excluding diaryl/α,β-unsaturated/α-hetero) is 1. The van der Waals surface area contributed by atoms with Crippen molar-refractivity contribution in [1.82, 2.24) is 4.90 Å². The zero-order chi connectivity index (χ0) is 13.8. The van der Waals surface area contributed by atoms with Gasteiger partial charge in [-0.15, -0.1) is 0 Å². The molecular weight excluding hydrogens is 302 g/mol. The number of carbonyl (C=O) groups excluding carboxylic acids is 1. The predicted octanol–water partition coefficient (Wildman–Crippen LogP) is 4.14. The molecule has 1 saturated heterocycles. The number of ketones is 1. The zero-order valence-corrected chi connectivity index (χ0v) is 13.3. The van der Waals surface area contributed by atoms with E-state index in [-0.39, 0.29) is 5.78 Å². The number of nitrogens with zero attached hydrogens (tertiary/aromatic N) is 1. The number of halogens is 1. The molecule has 0 bridgehead atoms. The molecule has 0 aromatic heterocycles. The lowest BCUT2D eigenvalue weighted by atomic mass is 9.93. The molecule has 0 aliphatic carbocycles. The van der Waals surface area contributed by atoms with Gasteiger partial charge in [0.1, 0.15) is 0 Å². The first-order valence-corrected chi connectivity index (χ1v) is 7.88. The minimum Gasteiger partial charge on any atom is -0.300 e. The number of likely N-dealkylation sites (tertiary alicyclic amines) is 1. The van der Waals surface area contributed by atoms with E-state index in [1.807, 2.05) is 24.3 Å². The largest absolute Gasteiger partial charge is 0.300 e. The third-order valence-electron chi connectivity index (χ3n) is 4.05. The number of carbonyl (C=O) groups is 1.